The van der Waals surface area contributed by atoms with Gasteiger partial charge in [0.1, 0.15) is 11.6 Å². The van der Waals surface area contributed by atoms with Crippen molar-refractivity contribution < 1.29 is 18.4 Å². The van der Waals surface area contributed by atoms with E-state index in [2.05, 4.69) is 0 Å². The zero-order valence-electron chi connectivity index (χ0n) is 14.1. The Labute approximate surface area is 155 Å². The van der Waals surface area contributed by atoms with Gasteiger partial charge < -0.3 is 9.80 Å². The number of nitrogens with zero attached hydrogens (tertiary/aromatic N) is 2. The molecule has 0 radical (unpaired) electrons. The fourth-order valence-electron chi connectivity index (χ4n) is 3.09. The predicted molar refractivity (Wildman–Crippen MR) is 94.7 cm³/mol. The molecule has 1 saturated heterocycles. The number of hydrogen-bond donors (Lipinski definition) is 0. The molecule has 0 bridgehead atoms. The van der Waals surface area contributed by atoms with Crippen LogP contribution in [-0.4, -0.2) is 30.3 Å². The van der Waals surface area contributed by atoms with E-state index in [1.165, 1.54) is 47.2 Å². The number of anilines is 1. The summed E-state index contributed by atoms with van der Waals surface area (Å²) in [6.07, 6.45) is -0.0114. The first-order valence-electron chi connectivity index (χ1n) is 8.11. The third-order valence-corrected chi connectivity index (χ3v) is 4.80. The van der Waals surface area contributed by atoms with Crippen LogP contribution in [-0.2, 0) is 16.1 Å². The van der Waals surface area contributed by atoms with Gasteiger partial charge in [0, 0.05) is 37.1 Å². The van der Waals surface area contributed by atoms with Gasteiger partial charge in [-0.1, -0.05) is 29.8 Å². The summed E-state index contributed by atoms with van der Waals surface area (Å²) in [7, 11) is 1.53. The molecule has 7 heteroatoms. The van der Waals surface area contributed by atoms with Crippen LogP contribution in [0.4, 0.5) is 14.5 Å². The topological polar surface area (TPSA) is 40.6 Å². The molecule has 136 valence electrons. The highest BCUT2D eigenvalue weighted by Crippen LogP contribution is 2.29. The van der Waals surface area contributed by atoms with E-state index in [1.807, 2.05) is 0 Å². The average molecular weight is 379 g/mol. The van der Waals surface area contributed by atoms with Crippen molar-refractivity contribution in [2.75, 3.05) is 18.5 Å². The molecular weight excluding hydrogens is 362 g/mol. The molecule has 2 aromatic carbocycles. The number of rotatable bonds is 4. The van der Waals surface area contributed by atoms with Gasteiger partial charge in [0.25, 0.3) is 0 Å². The number of benzene rings is 2. The fraction of sp³-hybridized carbons (Fsp3) is 0.263. The molecule has 2 amide bonds. The summed E-state index contributed by atoms with van der Waals surface area (Å²) in [4.78, 5) is 27.5. The summed E-state index contributed by atoms with van der Waals surface area (Å²) >= 11 is 6.00. The van der Waals surface area contributed by atoms with Crippen molar-refractivity contribution in [3.8, 4) is 0 Å². The molecule has 26 heavy (non-hydrogen) atoms. The van der Waals surface area contributed by atoms with E-state index in [-0.39, 0.29) is 47.6 Å². The minimum absolute atomic E-state index is 0.00523. The van der Waals surface area contributed by atoms with Gasteiger partial charge in [-0.25, -0.2) is 8.78 Å². The normalized spacial score (nSPS) is 16.8. The number of carbonyl (C=O) groups is 2. The highest BCUT2D eigenvalue weighted by atomic mass is 35.5. The number of para-hydroxylation sites is 1. The zero-order chi connectivity index (χ0) is 18.8. The highest BCUT2D eigenvalue weighted by molar-refractivity contribution is 6.31. The lowest BCUT2D eigenvalue weighted by molar-refractivity contribution is -0.135. The van der Waals surface area contributed by atoms with Gasteiger partial charge in [-0.05, 0) is 24.3 Å². The molecule has 1 unspecified atom stereocenters. The van der Waals surface area contributed by atoms with Crippen molar-refractivity contribution in [3.63, 3.8) is 0 Å². The number of amides is 2. The van der Waals surface area contributed by atoms with Gasteiger partial charge in [-0.2, -0.15) is 0 Å². The molecular formula is C19H17ClF2N2O2. The van der Waals surface area contributed by atoms with Crippen molar-refractivity contribution in [3.05, 3.63) is 64.7 Å². The van der Waals surface area contributed by atoms with Crippen molar-refractivity contribution in [2.24, 2.45) is 5.92 Å². The number of carbonyl (C=O) groups excluding carboxylic acids is 2. The van der Waals surface area contributed by atoms with E-state index in [0.717, 1.165) is 0 Å². The van der Waals surface area contributed by atoms with Crippen LogP contribution in [0.5, 0.6) is 0 Å². The third kappa shape index (κ3) is 3.55. The van der Waals surface area contributed by atoms with Crippen LogP contribution in [0.25, 0.3) is 0 Å². The summed E-state index contributed by atoms with van der Waals surface area (Å²) < 4.78 is 27.8. The predicted octanol–water partition coefficient (Wildman–Crippen LogP) is 3.63. The van der Waals surface area contributed by atoms with Crippen LogP contribution in [0.2, 0.25) is 5.02 Å². The molecule has 1 atom stereocenters. The van der Waals surface area contributed by atoms with Crippen molar-refractivity contribution >= 4 is 29.1 Å². The first kappa shape index (κ1) is 18.3. The maximum atomic E-state index is 13.9. The lowest BCUT2D eigenvalue weighted by Gasteiger charge is -2.22. The average Bonchev–Trinajstić information content (AvgIpc) is 2.99. The van der Waals surface area contributed by atoms with Crippen molar-refractivity contribution in [1.29, 1.82) is 0 Å². The summed E-state index contributed by atoms with van der Waals surface area (Å²) in [6.45, 7) is 0.0860. The molecule has 2 aromatic rings. The molecule has 0 spiro atoms. The van der Waals surface area contributed by atoms with E-state index in [9.17, 15) is 18.4 Å². The Bertz CT molecular complexity index is 839. The standard InChI is InChI=1S/C19H17ClF2N2O2/c1-23(11-13-14(20)5-4-7-15(13)21)19(26)12-9-18(25)24(10-12)17-8-3-2-6-16(17)22/h2-8,12H,9-11H2,1H3. The first-order chi connectivity index (χ1) is 12.4. The van der Waals surface area contributed by atoms with Crippen LogP contribution in [0.3, 0.4) is 0 Å². The van der Waals surface area contributed by atoms with Crippen molar-refractivity contribution in [2.45, 2.75) is 13.0 Å². The summed E-state index contributed by atoms with van der Waals surface area (Å²) in [5.41, 5.74) is 0.382. The van der Waals surface area contributed by atoms with Crippen LogP contribution in [0, 0.1) is 17.6 Å². The monoisotopic (exact) mass is 378 g/mol. The third-order valence-electron chi connectivity index (χ3n) is 4.45. The van der Waals surface area contributed by atoms with E-state index in [1.54, 1.807) is 12.1 Å². The van der Waals surface area contributed by atoms with Crippen LogP contribution in [0.1, 0.15) is 12.0 Å². The molecule has 0 aromatic heterocycles. The largest absolute Gasteiger partial charge is 0.341 e. The SMILES string of the molecule is CN(Cc1c(F)cccc1Cl)C(=O)C1CC(=O)N(c2ccccc2F)C1. The maximum Gasteiger partial charge on any atom is 0.228 e. The minimum Gasteiger partial charge on any atom is -0.341 e. The Hall–Kier alpha value is -2.47. The van der Waals surface area contributed by atoms with Crippen LogP contribution in [0.15, 0.2) is 42.5 Å². The minimum atomic E-state index is -0.613. The molecule has 0 N–H and O–H groups in total. The van der Waals surface area contributed by atoms with Gasteiger partial charge >= 0.3 is 0 Å². The van der Waals surface area contributed by atoms with Gasteiger partial charge in [0.15, 0.2) is 0 Å². The number of hydrogen-bond acceptors (Lipinski definition) is 2. The van der Waals surface area contributed by atoms with E-state index in [4.69, 9.17) is 11.6 Å². The quantitative estimate of drug-likeness (QED) is 0.815. The smallest absolute Gasteiger partial charge is 0.228 e. The Kier molecular flexibility index (Phi) is 5.23. The van der Waals surface area contributed by atoms with Crippen molar-refractivity contribution in [1.82, 2.24) is 4.90 Å². The summed E-state index contributed by atoms with van der Waals surface area (Å²) in [5, 5.41) is 0.236. The second kappa shape index (κ2) is 7.41. The zero-order valence-corrected chi connectivity index (χ0v) is 14.8. The van der Waals surface area contributed by atoms with Crippen LogP contribution < -0.4 is 4.90 Å². The van der Waals surface area contributed by atoms with E-state index < -0.39 is 17.6 Å². The Balaban J connectivity index is 1.73. The molecule has 0 aliphatic carbocycles. The van der Waals surface area contributed by atoms with Gasteiger partial charge in [0.2, 0.25) is 11.8 Å². The molecule has 1 aliphatic heterocycles. The van der Waals surface area contributed by atoms with Gasteiger partial charge in [-0.15, -0.1) is 0 Å². The van der Waals surface area contributed by atoms with Crippen LogP contribution >= 0.6 is 11.6 Å². The fourth-order valence-corrected chi connectivity index (χ4v) is 3.31. The molecule has 1 fully saturated rings. The molecule has 3 rings (SSSR count). The Morgan fingerprint density at radius 3 is 2.58 bits per heavy atom. The molecule has 4 nitrogen and oxygen atoms in total. The molecule has 0 saturated carbocycles. The second-order valence-electron chi connectivity index (χ2n) is 6.25. The lowest BCUT2D eigenvalue weighted by Crippen LogP contribution is -2.34. The maximum absolute atomic E-state index is 13.9. The van der Waals surface area contributed by atoms with E-state index >= 15 is 0 Å². The first-order valence-corrected chi connectivity index (χ1v) is 8.49. The highest BCUT2D eigenvalue weighted by Gasteiger charge is 2.37. The van der Waals surface area contributed by atoms with E-state index in [0.29, 0.717) is 0 Å². The summed E-state index contributed by atoms with van der Waals surface area (Å²) in [6, 6.07) is 10.3. The Morgan fingerprint density at radius 1 is 1.19 bits per heavy atom. The van der Waals surface area contributed by atoms with Gasteiger partial charge in [-0.3, -0.25) is 9.59 Å². The van der Waals surface area contributed by atoms with Gasteiger partial charge in [0.05, 0.1) is 11.6 Å². The summed E-state index contributed by atoms with van der Waals surface area (Å²) in [5.74, 6) is -2.24. The second-order valence-corrected chi connectivity index (χ2v) is 6.66. The Morgan fingerprint density at radius 2 is 1.88 bits per heavy atom. The molecule has 1 heterocycles. The molecule has 1 aliphatic rings. The lowest BCUT2D eigenvalue weighted by atomic mass is 10.1. The number of halogens is 3.